The summed E-state index contributed by atoms with van der Waals surface area (Å²) in [6.45, 7) is 5.88. The number of nitrogens with zero attached hydrogens (tertiary/aromatic N) is 3. The maximum atomic E-state index is 12.0. The minimum atomic E-state index is -0.340. The second-order valence-corrected chi connectivity index (χ2v) is 6.45. The maximum absolute atomic E-state index is 12.0. The molecular formula is C21H24N4O2. The third-order valence-corrected chi connectivity index (χ3v) is 3.97. The number of aromatic nitrogens is 2. The molecule has 0 atom stereocenters. The Kier molecular flexibility index (Phi) is 5.86. The zero-order valence-corrected chi connectivity index (χ0v) is 15.9. The van der Waals surface area contributed by atoms with Gasteiger partial charge >= 0.3 is 5.97 Å². The SMILES string of the molecule is CCOC(=O)CN(N=C(C)C)c1nc2c(Cc3ccccc3)cccc2[nH]1. The van der Waals surface area contributed by atoms with E-state index in [0.29, 0.717) is 12.6 Å². The summed E-state index contributed by atoms with van der Waals surface area (Å²) in [6.07, 6.45) is 0.788. The quantitative estimate of drug-likeness (QED) is 0.392. The van der Waals surface area contributed by atoms with Crippen LogP contribution in [-0.4, -0.2) is 34.8 Å². The van der Waals surface area contributed by atoms with E-state index in [1.807, 2.05) is 44.2 Å². The van der Waals surface area contributed by atoms with Gasteiger partial charge in [0.25, 0.3) is 0 Å². The lowest BCUT2D eigenvalue weighted by Gasteiger charge is -2.15. The highest BCUT2D eigenvalue weighted by Gasteiger charge is 2.17. The molecule has 0 spiro atoms. The van der Waals surface area contributed by atoms with Crippen molar-refractivity contribution in [3.05, 3.63) is 59.7 Å². The highest BCUT2D eigenvalue weighted by Crippen LogP contribution is 2.23. The van der Waals surface area contributed by atoms with Gasteiger partial charge in [0.15, 0.2) is 0 Å². The molecule has 3 aromatic rings. The molecule has 0 saturated heterocycles. The lowest BCUT2D eigenvalue weighted by atomic mass is 10.0. The number of carbonyl (C=O) groups excluding carboxylic acids is 1. The predicted molar refractivity (Wildman–Crippen MR) is 108 cm³/mol. The van der Waals surface area contributed by atoms with Gasteiger partial charge in [0, 0.05) is 5.71 Å². The van der Waals surface area contributed by atoms with Crippen LogP contribution in [0.15, 0.2) is 53.6 Å². The molecule has 0 radical (unpaired) electrons. The number of hydrazone groups is 1. The first-order chi connectivity index (χ1) is 13.1. The number of hydrogen-bond donors (Lipinski definition) is 1. The molecule has 1 heterocycles. The van der Waals surface area contributed by atoms with Crippen LogP contribution in [0.4, 0.5) is 5.95 Å². The second kappa shape index (κ2) is 8.49. The van der Waals surface area contributed by atoms with Gasteiger partial charge < -0.3 is 9.72 Å². The highest BCUT2D eigenvalue weighted by atomic mass is 16.5. The van der Waals surface area contributed by atoms with E-state index >= 15 is 0 Å². The van der Waals surface area contributed by atoms with E-state index in [1.54, 1.807) is 11.9 Å². The number of imidazole rings is 1. The number of para-hydroxylation sites is 1. The lowest BCUT2D eigenvalue weighted by molar-refractivity contribution is -0.141. The van der Waals surface area contributed by atoms with E-state index < -0.39 is 0 Å². The molecule has 27 heavy (non-hydrogen) atoms. The van der Waals surface area contributed by atoms with Gasteiger partial charge in [-0.1, -0.05) is 42.5 Å². The Labute approximate surface area is 158 Å². The fourth-order valence-electron chi connectivity index (χ4n) is 2.89. The van der Waals surface area contributed by atoms with Gasteiger partial charge in [-0.15, -0.1) is 0 Å². The minimum absolute atomic E-state index is 0.00681. The molecule has 0 aliphatic heterocycles. The summed E-state index contributed by atoms with van der Waals surface area (Å²) < 4.78 is 5.06. The average molecular weight is 364 g/mol. The van der Waals surface area contributed by atoms with Crippen LogP contribution in [-0.2, 0) is 16.0 Å². The molecule has 140 valence electrons. The number of benzene rings is 2. The number of esters is 1. The molecule has 0 fully saturated rings. The fraction of sp³-hybridized carbons (Fsp3) is 0.286. The number of aromatic amines is 1. The summed E-state index contributed by atoms with van der Waals surface area (Å²) in [5.74, 6) is 0.187. The van der Waals surface area contributed by atoms with Crippen LogP contribution in [0.5, 0.6) is 0 Å². The van der Waals surface area contributed by atoms with E-state index in [1.165, 1.54) is 5.56 Å². The van der Waals surface area contributed by atoms with Crippen molar-refractivity contribution < 1.29 is 9.53 Å². The van der Waals surface area contributed by atoms with Crippen molar-refractivity contribution in [2.45, 2.75) is 27.2 Å². The third-order valence-electron chi connectivity index (χ3n) is 3.97. The van der Waals surface area contributed by atoms with E-state index in [0.717, 1.165) is 28.7 Å². The molecule has 6 nitrogen and oxygen atoms in total. The number of hydrogen-bond acceptors (Lipinski definition) is 5. The number of fused-ring (bicyclic) bond motifs is 1. The monoisotopic (exact) mass is 364 g/mol. The van der Waals surface area contributed by atoms with Crippen molar-refractivity contribution >= 4 is 28.7 Å². The normalized spacial score (nSPS) is 10.6. The van der Waals surface area contributed by atoms with E-state index in [-0.39, 0.29) is 12.5 Å². The molecule has 0 aliphatic rings. The van der Waals surface area contributed by atoms with Gasteiger partial charge in [-0.25, -0.2) is 9.99 Å². The molecule has 0 bridgehead atoms. The summed E-state index contributed by atoms with van der Waals surface area (Å²) in [5, 5.41) is 5.99. The van der Waals surface area contributed by atoms with Crippen molar-refractivity contribution in [1.29, 1.82) is 0 Å². The van der Waals surface area contributed by atoms with Gasteiger partial charge in [-0.3, -0.25) is 4.79 Å². The zero-order chi connectivity index (χ0) is 19.2. The summed E-state index contributed by atoms with van der Waals surface area (Å²) in [7, 11) is 0. The number of H-pyrrole nitrogens is 1. The summed E-state index contributed by atoms with van der Waals surface area (Å²) in [5.41, 5.74) is 4.96. The van der Waals surface area contributed by atoms with Crippen LogP contribution in [0.1, 0.15) is 31.9 Å². The fourth-order valence-corrected chi connectivity index (χ4v) is 2.89. The van der Waals surface area contributed by atoms with Crippen molar-refractivity contribution in [3.63, 3.8) is 0 Å². The Morgan fingerprint density at radius 2 is 1.93 bits per heavy atom. The van der Waals surface area contributed by atoms with Crippen molar-refractivity contribution in [2.75, 3.05) is 18.2 Å². The average Bonchev–Trinajstić information content (AvgIpc) is 3.07. The number of carbonyl (C=O) groups is 1. The first kappa shape index (κ1) is 18.6. The van der Waals surface area contributed by atoms with Crippen LogP contribution in [0.25, 0.3) is 11.0 Å². The summed E-state index contributed by atoms with van der Waals surface area (Å²) >= 11 is 0. The molecule has 1 aromatic heterocycles. The Morgan fingerprint density at radius 3 is 2.63 bits per heavy atom. The highest BCUT2D eigenvalue weighted by molar-refractivity contribution is 5.84. The van der Waals surface area contributed by atoms with Gasteiger partial charge in [0.05, 0.1) is 17.6 Å². The van der Waals surface area contributed by atoms with Crippen LogP contribution in [0, 0.1) is 0 Å². The summed E-state index contributed by atoms with van der Waals surface area (Å²) in [6, 6.07) is 16.3. The molecule has 0 aliphatic carbocycles. The van der Waals surface area contributed by atoms with Crippen LogP contribution in [0.2, 0.25) is 0 Å². The second-order valence-electron chi connectivity index (χ2n) is 6.45. The van der Waals surface area contributed by atoms with Gasteiger partial charge in [0.1, 0.15) is 6.54 Å². The molecule has 0 amide bonds. The van der Waals surface area contributed by atoms with Gasteiger partial charge in [-0.05, 0) is 44.4 Å². The number of anilines is 1. The Balaban J connectivity index is 1.95. The lowest BCUT2D eigenvalue weighted by Crippen LogP contribution is -2.28. The Bertz CT molecular complexity index is 943. The van der Waals surface area contributed by atoms with Crippen molar-refractivity contribution in [1.82, 2.24) is 9.97 Å². The standard InChI is InChI=1S/C21H24N4O2/c1-4-27-19(26)14-25(24-15(2)3)21-22-18-12-8-11-17(20(18)23-21)13-16-9-6-5-7-10-16/h5-12H,4,13-14H2,1-3H3,(H,22,23). The number of rotatable bonds is 7. The van der Waals surface area contributed by atoms with E-state index in [2.05, 4.69) is 28.3 Å². The topological polar surface area (TPSA) is 70.6 Å². The predicted octanol–water partition coefficient (Wildman–Crippen LogP) is 3.92. The molecule has 0 unspecified atom stereocenters. The van der Waals surface area contributed by atoms with E-state index in [9.17, 15) is 4.79 Å². The molecular weight excluding hydrogens is 340 g/mol. The minimum Gasteiger partial charge on any atom is -0.465 e. The third kappa shape index (κ3) is 4.73. The zero-order valence-electron chi connectivity index (χ0n) is 15.9. The van der Waals surface area contributed by atoms with Crippen LogP contribution in [0.3, 0.4) is 0 Å². The van der Waals surface area contributed by atoms with Crippen molar-refractivity contribution in [3.8, 4) is 0 Å². The number of ether oxygens (including phenoxy) is 1. The largest absolute Gasteiger partial charge is 0.465 e. The molecule has 0 saturated carbocycles. The smallest absolute Gasteiger partial charge is 0.327 e. The van der Waals surface area contributed by atoms with Gasteiger partial charge in [0.2, 0.25) is 5.95 Å². The first-order valence-corrected chi connectivity index (χ1v) is 9.03. The summed E-state index contributed by atoms with van der Waals surface area (Å²) in [4.78, 5) is 20.0. The Morgan fingerprint density at radius 1 is 1.15 bits per heavy atom. The van der Waals surface area contributed by atoms with Crippen molar-refractivity contribution in [2.24, 2.45) is 5.10 Å². The molecule has 3 rings (SSSR count). The first-order valence-electron chi connectivity index (χ1n) is 9.03. The Hall–Kier alpha value is -3.15. The van der Waals surface area contributed by atoms with Gasteiger partial charge in [-0.2, -0.15) is 5.10 Å². The molecule has 6 heteroatoms. The number of nitrogens with one attached hydrogen (secondary N) is 1. The molecule has 2 aromatic carbocycles. The van der Waals surface area contributed by atoms with E-state index in [4.69, 9.17) is 9.72 Å². The van der Waals surface area contributed by atoms with Crippen LogP contribution >= 0.6 is 0 Å². The maximum Gasteiger partial charge on any atom is 0.327 e. The van der Waals surface area contributed by atoms with Crippen LogP contribution < -0.4 is 5.01 Å². The molecule has 1 N–H and O–H groups in total.